The van der Waals surface area contributed by atoms with Gasteiger partial charge in [0.05, 0.1) is 6.42 Å². The Morgan fingerprint density at radius 3 is 2.83 bits per heavy atom. The third kappa shape index (κ3) is 2.82. The molecule has 0 radical (unpaired) electrons. The first-order chi connectivity index (χ1) is 8.58. The molecule has 1 heterocycles. The Labute approximate surface area is 110 Å². The summed E-state index contributed by atoms with van der Waals surface area (Å²) in [5, 5.41) is 9.26. The molecule has 1 N–H and O–H groups in total. The molecule has 0 saturated carbocycles. The Morgan fingerprint density at radius 1 is 1.33 bits per heavy atom. The van der Waals surface area contributed by atoms with Gasteiger partial charge in [0.15, 0.2) is 0 Å². The second kappa shape index (κ2) is 5.40. The van der Waals surface area contributed by atoms with E-state index in [0.717, 1.165) is 24.1 Å². The van der Waals surface area contributed by atoms with Crippen LogP contribution in [-0.2, 0) is 16.0 Å². The number of rotatable bonds is 3. The summed E-state index contributed by atoms with van der Waals surface area (Å²) in [4.78, 5) is 24.1. The maximum absolute atomic E-state index is 12.0. The van der Waals surface area contributed by atoms with Crippen LogP contribution in [0.15, 0.2) is 18.2 Å². The molecule has 5 heteroatoms. The highest BCUT2D eigenvalue weighted by Gasteiger charge is 2.22. The van der Waals surface area contributed by atoms with Crippen LogP contribution in [-0.4, -0.2) is 23.5 Å². The summed E-state index contributed by atoms with van der Waals surface area (Å²) in [5.41, 5.74) is 1.92. The van der Waals surface area contributed by atoms with Gasteiger partial charge >= 0.3 is 5.97 Å². The molecule has 0 bridgehead atoms. The number of carboxylic acid groups (broad SMARTS) is 1. The SMILES string of the molecule is O=C(O)CCC(=O)N1CCCc2cc(Cl)ccc21. The number of halogens is 1. The van der Waals surface area contributed by atoms with E-state index in [0.29, 0.717) is 11.6 Å². The van der Waals surface area contributed by atoms with Crippen molar-refractivity contribution in [2.75, 3.05) is 11.4 Å². The number of aliphatic carboxylic acids is 1. The molecule has 0 unspecified atom stereocenters. The first kappa shape index (κ1) is 12.9. The molecule has 1 aliphatic heterocycles. The lowest BCUT2D eigenvalue weighted by molar-refractivity contribution is -0.138. The summed E-state index contributed by atoms with van der Waals surface area (Å²) in [7, 11) is 0. The predicted octanol–water partition coefficient (Wildman–Crippen LogP) is 2.48. The molecule has 0 spiro atoms. The monoisotopic (exact) mass is 267 g/mol. The van der Waals surface area contributed by atoms with E-state index in [4.69, 9.17) is 16.7 Å². The molecule has 1 aliphatic rings. The zero-order valence-electron chi connectivity index (χ0n) is 9.86. The number of carboxylic acids is 1. The minimum atomic E-state index is -0.948. The lowest BCUT2D eigenvalue weighted by atomic mass is 10.0. The van der Waals surface area contributed by atoms with E-state index in [9.17, 15) is 9.59 Å². The number of aryl methyl sites for hydroxylation is 1. The van der Waals surface area contributed by atoms with Gasteiger partial charge in [-0.15, -0.1) is 0 Å². The number of hydrogen-bond donors (Lipinski definition) is 1. The topological polar surface area (TPSA) is 57.6 Å². The summed E-state index contributed by atoms with van der Waals surface area (Å²) < 4.78 is 0. The minimum absolute atomic E-state index is 0.0391. The van der Waals surface area contributed by atoms with Crippen molar-refractivity contribution < 1.29 is 14.7 Å². The highest BCUT2D eigenvalue weighted by molar-refractivity contribution is 6.30. The smallest absolute Gasteiger partial charge is 0.303 e. The van der Waals surface area contributed by atoms with Gasteiger partial charge in [-0.3, -0.25) is 9.59 Å². The van der Waals surface area contributed by atoms with Crippen LogP contribution >= 0.6 is 11.6 Å². The van der Waals surface area contributed by atoms with E-state index in [1.165, 1.54) is 0 Å². The molecule has 4 nitrogen and oxygen atoms in total. The van der Waals surface area contributed by atoms with Gasteiger partial charge < -0.3 is 10.0 Å². The molecule has 0 atom stereocenters. The molecule has 0 aliphatic carbocycles. The van der Waals surface area contributed by atoms with Crippen LogP contribution in [0, 0.1) is 0 Å². The Bertz CT molecular complexity index is 487. The summed E-state index contributed by atoms with van der Waals surface area (Å²) in [6.07, 6.45) is 1.69. The first-order valence-electron chi connectivity index (χ1n) is 5.88. The molecular formula is C13H14ClNO3. The van der Waals surface area contributed by atoms with E-state index >= 15 is 0 Å². The molecular weight excluding hydrogens is 254 g/mol. The van der Waals surface area contributed by atoms with Crippen LogP contribution in [0.3, 0.4) is 0 Å². The first-order valence-corrected chi connectivity index (χ1v) is 6.26. The zero-order valence-corrected chi connectivity index (χ0v) is 10.6. The van der Waals surface area contributed by atoms with Crippen molar-refractivity contribution in [3.8, 4) is 0 Å². The van der Waals surface area contributed by atoms with Crippen molar-refractivity contribution in [2.45, 2.75) is 25.7 Å². The number of amides is 1. The average Bonchev–Trinajstić information content (AvgIpc) is 2.34. The molecule has 18 heavy (non-hydrogen) atoms. The van der Waals surface area contributed by atoms with E-state index in [-0.39, 0.29) is 18.7 Å². The van der Waals surface area contributed by atoms with Gasteiger partial charge in [0.2, 0.25) is 5.91 Å². The largest absolute Gasteiger partial charge is 0.481 e. The highest BCUT2D eigenvalue weighted by atomic mass is 35.5. The molecule has 0 fully saturated rings. The van der Waals surface area contributed by atoms with Crippen molar-refractivity contribution in [3.05, 3.63) is 28.8 Å². The molecule has 0 aromatic heterocycles. The van der Waals surface area contributed by atoms with Crippen molar-refractivity contribution in [2.24, 2.45) is 0 Å². The summed E-state index contributed by atoms with van der Waals surface area (Å²) in [6.45, 7) is 0.646. The molecule has 1 aromatic carbocycles. The van der Waals surface area contributed by atoms with Gasteiger partial charge in [-0.05, 0) is 36.6 Å². The quantitative estimate of drug-likeness (QED) is 0.915. The van der Waals surface area contributed by atoms with Crippen molar-refractivity contribution in [3.63, 3.8) is 0 Å². The van der Waals surface area contributed by atoms with Gasteiger partial charge in [-0.25, -0.2) is 0 Å². The number of anilines is 1. The normalized spacial score (nSPS) is 14.2. The Balaban J connectivity index is 2.17. The number of fused-ring (bicyclic) bond motifs is 1. The Morgan fingerprint density at radius 2 is 2.11 bits per heavy atom. The summed E-state index contributed by atoms with van der Waals surface area (Å²) in [6, 6.07) is 5.45. The number of carbonyl (C=O) groups is 2. The average molecular weight is 268 g/mol. The van der Waals surface area contributed by atoms with Gasteiger partial charge in [0.25, 0.3) is 0 Å². The third-order valence-electron chi connectivity index (χ3n) is 3.01. The molecule has 96 valence electrons. The maximum atomic E-state index is 12.0. The lowest BCUT2D eigenvalue weighted by Gasteiger charge is -2.29. The lowest BCUT2D eigenvalue weighted by Crippen LogP contribution is -2.35. The van der Waals surface area contributed by atoms with Gasteiger partial charge in [-0.1, -0.05) is 11.6 Å². The van der Waals surface area contributed by atoms with Gasteiger partial charge in [0, 0.05) is 23.7 Å². The van der Waals surface area contributed by atoms with E-state index < -0.39 is 5.97 Å². The zero-order chi connectivity index (χ0) is 13.1. The van der Waals surface area contributed by atoms with Crippen molar-refractivity contribution in [1.82, 2.24) is 0 Å². The van der Waals surface area contributed by atoms with Crippen molar-refractivity contribution >= 4 is 29.2 Å². The van der Waals surface area contributed by atoms with E-state index in [1.807, 2.05) is 12.1 Å². The van der Waals surface area contributed by atoms with Crippen LogP contribution in [0.5, 0.6) is 0 Å². The van der Waals surface area contributed by atoms with Crippen LogP contribution in [0.4, 0.5) is 5.69 Å². The number of hydrogen-bond acceptors (Lipinski definition) is 2. The Hall–Kier alpha value is -1.55. The minimum Gasteiger partial charge on any atom is -0.481 e. The molecule has 1 amide bonds. The van der Waals surface area contributed by atoms with Gasteiger partial charge in [0.1, 0.15) is 0 Å². The van der Waals surface area contributed by atoms with E-state index in [2.05, 4.69) is 0 Å². The summed E-state index contributed by atoms with van der Waals surface area (Å²) >= 11 is 5.93. The predicted molar refractivity (Wildman–Crippen MR) is 69.0 cm³/mol. The molecule has 2 rings (SSSR count). The van der Waals surface area contributed by atoms with E-state index in [1.54, 1.807) is 11.0 Å². The highest BCUT2D eigenvalue weighted by Crippen LogP contribution is 2.30. The number of carbonyl (C=O) groups excluding carboxylic acids is 1. The fraction of sp³-hybridized carbons (Fsp3) is 0.385. The van der Waals surface area contributed by atoms with Crippen LogP contribution in [0.2, 0.25) is 5.02 Å². The van der Waals surface area contributed by atoms with Crippen molar-refractivity contribution in [1.29, 1.82) is 0 Å². The number of nitrogens with zero attached hydrogens (tertiary/aromatic N) is 1. The van der Waals surface area contributed by atoms with Crippen LogP contribution in [0.25, 0.3) is 0 Å². The second-order valence-electron chi connectivity index (χ2n) is 4.32. The molecule has 1 aromatic rings. The fourth-order valence-electron chi connectivity index (χ4n) is 2.17. The Kier molecular flexibility index (Phi) is 3.87. The van der Waals surface area contributed by atoms with Gasteiger partial charge in [-0.2, -0.15) is 0 Å². The maximum Gasteiger partial charge on any atom is 0.303 e. The summed E-state index contributed by atoms with van der Waals surface area (Å²) in [5.74, 6) is -1.09. The molecule has 0 saturated heterocycles. The number of benzene rings is 1. The fourth-order valence-corrected chi connectivity index (χ4v) is 2.37. The second-order valence-corrected chi connectivity index (χ2v) is 4.75. The third-order valence-corrected chi connectivity index (χ3v) is 3.25. The standard InChI is InChI=1S/C13H14ClNO3/c14-10-3-4-11-9(8-10)2-1-7-15(11)12(16)5-6-13(17)18/h3-4,8H,1-2,5-7H2,(H,17,18). The van der Waals surface area contributed by atoms with Crippen LogP contribution < -0.4 is 4.90 Å². The van der Waals surface area contributed by atoms with Crippen LogP contribution in [0.1, 0.15) is 24.8 Å².